The molecule has 0 aromatic heterocycles. The number of fused-ring (bicyclic) bond motifs is 1. The Kier molecular flexibility index (Phi) is 5.65. The lowest BCUT2D eigenvalue weighted by Gasteiger charge is -2.37. The first-order valence-electron chi connectivity index (χ1n) is 8.49. The van der Waals surface area contributed by atoms with E-state index in [1.165, 1.54) is 43.2 Å². The normalized spacial score (nSPS) is 25.4. The average molecular weight is 274 g/mol. The monoisotopic (exact) mass is 274 g/mol. The Balaban J connectivity index is 1.92. The van der Waals surface area contributed by atoms with Gasteiger partial charge in [-0.15, -0.1) is 0 Å². The number of hydrogen-bond acceptors (Lipinski definition) is 1. The minimum Gasteiger partial charge on any atom is -0.385 e. The molecule has 2 atom stereocenters. The van der Waals surface area contributed by atoms with E-state index in [9.17, 15) is 5.11 Å². The van der Waals surface area contributed by atoms with Gasteiger partial charge >= 0.3 is 0 Å². The lowest BCUT2D eigenvalue weighted by Crippen LogP contribution is -2.31. The summed E-state index contributed by atoms with van der Waals surface area (Å²) in [5, 5.41) is 11.0. The Labute approximate surface area is 124 Å². The lowest BCUT2D eigenvalue weighted by atomic mass is 9.72. The Morgan fingerprint density at radius 3 is 2.60 bits per heavy atom. The number of aliphatic hydroxyl groups is 1. The smallest absolute Gasteiger partial charge is 0.0899 e. The molecule has 1 heteroatoms. The van der Waals surface area contributed by atoms with Gasteiger partial charge in [0.25, 0.3) is 0 Å². The first-order valence-corrected chi connectivity index (χ1v) is 8.49. The van der Waals surface area contributed by atoms with Crippen LogP contribution in [0, 0.1) is 0 Å². The molecular formula is C19H30O. The zero-order chi connectivity index (χ0) is 14.4. The highest BCUT2D eigenvalue weighted by molar-refractivity contribution is 5.37. The molecule has 112 valence electrons. The Morgan fingerprint density at radius 2 is 1.80 bits per heavy atom. The van der Waals surface area contributed by atoms with Crippen molar-refractivity contribution in [3.8, 4) is 0 Å². The summed E-state index contributed by atoms with van der Waals surface area (Å²) in [7, 11) is 0. The minimum atomic E-state index is -0.562. The SMILES string of the molecule is CCCCCCCCC1(O)CCC(C)c2ccccc21. The van der Waals surface area contributed by atoms with E-state index in [2.05, 4.69) is 38.1 Å². The second-order valence-electron chi connectivity index (χ2n) is 6.58. The standard InChI is InChI=1S/C19H30O/c1-3-4-5-6-7-10-14-19(20)15-13-16(2)17-11-8-9-12-18(17)19/h8-9,11-12,16,20H,3-7,10,13-15H2,1-2H3. The van der Waals surface area contributed by atoms with Crippen LogP contribution in [0.4, 0.5) is 0 Å². The van der Waals surface area contributed by atoms with Gasteiger partial charge in [0.15, 0.2) is 0 Å². The van der Waals surface area contributed by atoms with Gasteiger partial charge in [0.05, 0.1) is 5.60 Å². The zero-order valence-electron chi connectivity index (χ0n) is 13.2. The van der Waals surface area contributed by atoms with Gasteiger partial charge in [0, 0.05) is 0 Å². The van der Waals surface area contributed by atoms with Gasteiger partial charge in [-0.2, -0.15) is 0 Å². The van der Waals surface area contributed by atoms with Gasteiger partial charge in [-0.25, -0.2) is 0 Å². The fourth-order valence-electron chi connectivity index (χ4n) is 3.55. The van der Waals surface area contributed by atoms with Gasteiger partial charge in [0.1, 0.15) is 0 Å². The molecule has 0 saturated carbocycles. The molecular weight excluding hydrogens is 244 g/mol. The number of rotatable bonds is 7. The van der Waals surface area contributed by atoms with E-state index in [1.807, 2.05) is 0 Å². The predicted octanol–water partition coefficient (Wildman–Crippen LogP) is 5.52. The van der Waals surface area contributed by atoms with Crippen molar-refractivity contribution < 1.29 is 5.11 Å². The third kappa shape index (κ3) is 3.63. The van der Waals surface area contributed by atoms with Crippen LogP contribution in [0.1, 0.15) is 88.7 Å². The summed E-state index contributed by atoms with van der Waals surface area (Å²) in [5.41, 5.74) is 2.01. The maximum absolute atomic E-state index is 11.0. The molecule has 1 aliphatic carbocycles. The van der Waals surface area contributed by atoms with Crippen LogP contribution < -0.4 is 0 Å². The molecule has 1 aromatic carbocycles. The van der Waals surface area contributed by atoms with Crippen LogP contribution in [0.5, 0.6) is 0 Å². The highest BCUT2D eigenvalue weighted by atomic mass is 16.3. The van der Waals surface area contributed by atoms with Crippen molar-refractivity contribution in [1.82, 2.24) is 0 Å². The molecule has 20 heavy (non-hydrogen) atoms. The quantitative estimate of drug-likeness (QED) is 0.649. The van der Waals surface area contributed by atoms with Crippen molar-refractivity contribution >= 4 is 0 Å². The van der Waals surface area contributed by atoms with Crippen molar-refractivity contribution in [1.29, 1.82) is 0 Å². The van der Waals surface area contributed by atoms with Crippen LogP contribution in [-0.4, -0.2) is 5.11 Å². The van der Waals surface area contributed by atoms with Gasteiger partial charge in [-0.05, 0) is 36.3 Å². The van der Waals surface area contributed by atoms with E-state index in [4.69, 9.17) is 0 Å². The molecule has 2 unspecified atom stereocenters. The van der Waals surface area contributed by atoms with Crippen molar-refractivity contribution in [2.75, 3.05) is 0 Å². The summed E-state index contributed by atoms with van der Waals surface area (Å²) in [6.45, 7) is 4.53. The molecule has 1 N–H and O–H groups in total. The molecule has 0 heterocycles. The second-order valence-corrected chi connectivity index (χ2v) is 6.58. The van der Waals surface area contributed by atoms with Crippen molar-refractivity contribution in [3.63, 3.8) is 0 Å². The topological polar surface area (TPSA) is 20.2 Å². The van der Waals surface area contributed by atoms with E-state index >= 15 is 0 Å². The summed E-state index contributed by atoms with van der Waals surface area (Å²) in [4.78, 5) is 0. The largest absolute Gasteiger partial charge is 0.385 e. The summed E-state index contributed by atoms with van der Waals surface area (Å²) >= 11 is 0. The lowest BCUT2D eigenvalue weighted by molar-refractivity contribution is 0.00461. The van der Waals surface area contributed by atoms with Gasteiger partial charge in [-0.1, -0.05) is 76.6 Å². The third-order valence-electron chi connectivity index (χ3n) is 4.93. The van der Waals surface area contributed by atoms with Gasteiger partial charge < -0.3 is 5.11 Å². The highest BCUT2D eigenvalue weighted by Crippen LogP contribution is 2.43. The Bertz CT molecular complexity index is 412. The van der Waals surface area contributed by atoms with E-state index < -0.39 is 5.60 Å². The average Bonchev–Trinajstić information content (AvgIpc) is 2.47. The molecule has 2 rings (SSSR count). The van der Waals surface area contributed by atoms with E-state index in [0.717, 1.165) is 25.7 Å². The maximum atomic E-state index is 11.0. The van der Waals surface area contributed by atoms with Crippen molar-refractivity contribution in [2.45, 2.75) is 83.2 Å². The molecule has 0 aliphatic heterocycles. The fourth-order valence-corrected chi connectivity index (χ4v) is 3.55. The number of hydrogen-bond donors (Lipinski definition) is 1. The molecule has 1 aromatic rings. The van der Waals surface area contributed by atoms with Crippen LogP contribution in [0.25, 0.3) is 0 Å². The van der Waals surface area contributed by atoms with Crippen molar-refractivity contribution in [3.05, 3.63) is 35.4 Å². The minimum absolute atomic E-state index is 0.562. The van der Waals surface area contributed by atoms with Crippen LogP contribution in [0.3, 0.4) is 0 Å². The molecule has 0 amide bonds. The molecule has 0 spiro atoms. The number of unbranched alkanes of at least 4 members (excludes halogenated alkanes) is 5. The van der Waals surface area contributed by atoms with Crippen molar-refractivity contribution in [2.24, 2.45) is 0 Å². The molecule has 0 radical (unpaired) electrons. The van der Waals surface area contributed by atoms with Crippen LogP contribution in [0.2, 0.25) is 0 Å². The van der Waals surface area contributed by atoms with E-state index in [1.54, 1.807) is 0 Å². The summed E-state index contributed by atoms with van der Waals surface area (Å²) < 4.78 is 0. The molecule has 0 bridgehead atoms. The first kappa shape index (κ1) is 15.6. The van der Waals surface area contributed by atoms with Crippen LogP contribution >= 0.6 is 0 Å². The fraction of sp³-hybridized carbons (Fsp3) is 0.684. The summed E-state index contributed by atoms with van der Waals surface area (Å²) in [5.74, 6) is 0.594. The van der Waals surface area contributed by atoms with E-state index in [-0.39, 0.29) is 0 Å². The summed E-state index contributed by atoms with van der Waals surface area (Å²) in [6.07, 6.45) is 10.7. The number of benzene rings is 1. The molecule has 0 fully saturated rings. The van der Waals surface area contributed by atoms with Crippen LogP contribution in [0.15, 0.2) is 24.3 Å². The second kappa shape index (κ2) is 7.26. The predicted molar refractivity (Wildman–Crippen MR) is 86.0 cm³/mol. The maximum Gasteiger partial charge on any atom is 0.0899 e. The Morgan fingerprint density at radius 1 is 1.10 bits per heavy atom. The Hall–Kier alpha value is -0.820. The first-order chi connectivity index (χ1) is 9.67. The highest BCUT2D eigenvalue weighted by Gasteiger charge is 2.35. The van der Waals surface area contributed by atoms with Gasteiger partial charge in [-0.3, -0.25) is 0 Å². The van der Waals surface area contributed by atoms with Crippen LogP contribution in [-0.2, 0) is 5.60 Å². The third-order valence-corrected chi connectivity index (χ3v) is 4.93. The molecule has 1 aliphatic rings. The molecule has 0 saturated heterocycles. The van der Waals surface area contributed by atoms with Gasteiger partial charge in [0.2, 0.25) is 0 Å². The van der Waals surface area contributed by atoms with E-state index in [0.29, 0.717) is 5.92 Å². The zero-order valence-corrected chi connectivity index (χ0v) is 13.2. The summed E-state index contributed by atoms with van der Waals surface area (Å²) in [6, 6.07) is 8.52. The molecule has 1 nitrogen and oxygen atoms in total.